The largest absolute Gasteiger partial charge is 0.349 e. The van der Waals surface area contributed by atoms with Crippen LogP contribution in [0.15, 0.2) is 0 Å². The zero-order valence-corrected chi connectivity index (χ0v) is 10.8. The second-order valence-corrected chi connectivity index (χ2v) is 4.59. The molecule has 2 nitrogen and oxygen atoms in total. The molecule has 1 N–H and O–H groups in total. The van der Waals surface area contributed by atoms with Crippen LogP contribution in [0.1, 0.15) is 20.8 Å². The van der Waals surface area contributed by atoms with Gasteiger partial charge in [0.15, 0.2) is 0 Å². The van der Waals surface area contributed by atoms with E-state index in [4.69, 9.17) is 0 Å². The van der Waals surface area contributed by atoms with E-state index in [0.29, 0.717) is 0 Å². The average Bonchev–Trinajstić information content (AvgIpc) is 2.04. The highest BCUT2D eigenvalue weighted by Crippen LogP contribution is 2.12. The Hall–Kier alpha value is 0.430. The van der Waals surface area contributed by atoms with Gasteiger partial charge in [0.1, 0.15) is 0 Å². The van der Waals surface area contributed by atoms with Crippen LogP contribution in [0.5, 0.6) is 0 Å². The van der Waals surface area contributed by atoms with Crippen molar-refractivity contribution in [2.24, 2.45) is 5.92 Å². The maximum absolute atomic E-state index is 11.3. The Balaban J connectivity index is 4.12. The molecular formula is C8H15Br2NO. The van der Waals surface area contributed by atoms with Gasteiger partial charge in [-0.15, -0.1) is 0 Å². The molecule has 0 aromatic carbocycles. The van der Waals surface area contributed by atoms with E-state index in [2.05, 4.69) is 37.2 Å². The molecule has 0 heterocycles. The molecule has 0 aromatic heterocycles. The minimum absolute atomic E-state index is 0.0439. The van der Waals surface area contributed by atoms with Crippen molar-refractivity contribution in [2.45, 2.75) is 26.3 Å². The molecule has 0 atom stereocenters. The van der Waals surface area contributed by atoms with Crippen molar-refractivity contribution < 1.29 is 4.79 Å². The van der Waals surface area contributed by atoms with E-state index in [1.165, 1.54) is 0 Å². The predicted molar refractivity (Wildman–Crippen MR) is 59.0 cm³/mol. The van der Waals surface area contributed by atoms with Crippen LogP contribution in [0.4, 0.5) is 0 Å². The fourth-order valence-corrected chi connectivity index (χ4v) is 1.75. The molecule has 4 heteroatoms. The lowest BCUT2D eigenvalue weighted by molar-refractivity contribution is -0.125. The van der Waals surface area contributed by atoms with Gasteiger partial charge in [0, 0.05) is 16.6 Å². The van der Waals surface area contributed by atoms with Gasteiger partial charge < -0.3 is 5.32 Å². The minimum Gasteiger partial charge on any atom is -0.349 e. The average molecular weight is 301 g/mol. The third-order valence-electron chi connectivity index (χ3n) is 1.54. The zero-order chi connectivity index (χ0) is 9.78. The number of rotatable bonds is 4. The van der Waals surface area contributed by atoms with Crippen molar-refractivity contribution in [3.63, 3.8) is 0 Å². The standard InChI is InChI=1S/C8H15Br2NO/c1-6(2)7(12)11-8(3,4-9)5-10/h6H,4-5H2,1-3H3,(H,11,12). The highest BCUT2D eigenvalue weighted by Gasteiger charge is 2.24. The third kappa shape index (κ3) is 3.90. The SMILES string of the molecule is CC(C)C(=O)NC(C)(CBr)CBr. The Morgan fingerprint density at radius 3 is 2.08 bits per heavy atom. The summed E-state index contributed by atoms with van der Waals surface area (Å²) in [5.74, 6) is 0.138. The first-order valence-corrected chi connectivity index (χ1v) is 6.13. The summed E-state index contributed by atoms with van der Waals surface area (Å²) in [6, 6.07) is 0. The Bertz CT molecular complexity index is 155. The summed E-state index contributed by atoms with van der Waals surface area (Å²) in [4.78, 5) is 11.3. The Morgan fingerprint density at radius 2 is 1.83 bits per heavy atom. The van der Waals surface area contributed by atoms with E-state index in [9.17, 15) is 4.79 Å². The van der Waals surface area contributed by atoms with E-state index < -0.39 is 0 Å². The van der Waals surface area contributed by atoms with Crippen LogP contribution in [0.3, 0.4) is 0 Å². The van der Waals surface area contributed by atoms with E-state index >= 15 is 0 Å². The first-order valence-electron chi connectivity index (χ1n) is 3.89. The van der Waals surface area contributed by atoms with Crippen LogP contribution in [0.2, 0.25) is 0 Å². The van der Waals surface area contributed by atoms with Crippen LogP contribution >= 0.6 is 31.9 Å². The second-order valence-electron chi connectivity index (χ2n) is 3.47. The summed E-state index contributed by atoms with van der Waals surface area (Å²) in [6.45, 7) is 5.77. The smallest absolute Gasteiger partial charge is 0.223 e. The quantitative estimate of drug-likeness (QED) is 0.793. The van der Waals surface area contributed by atoms with Gasteiger partial charge >= 0.3 is 0 Å². The van der Waals surface area contributed by atoms with Gasteiger partial charge in [-0.3, -0.25) is 4.79 Å². The van der Waals surface area contributed by atoms with Crippen molar-refractivity contribution in [1.82, 2.24) is 5.32 Å². The first-order chi connectivity index (χ1) is 5.45. The summed E-state index contributed by atoms with van der Waals surface area (Å²) in [5, 5.41) is 4.47. The molecule has 12 heavy (non-hydrogen) atoms. The summed E-state index contributed by atoms with van der Waals surface area (Å²) >= 11 is 6.73. The number of hydrogen-bond acceptors (Lipinski definition) is 1. The number of alkyl halides is 2. The predicted octanol–water partition coefficient (Wildman–Crippen LogP) is 2.31. The maximum atomic E-state index is 11.3. The van der Waals surface area contributed by atoms with Gasteiger partial charge in [-0.2, -0.15) is 0 Å². The lowest BCUT2D eigenvalue weighted by Gasteiger charge is -2.27. The normalized spacial score (nSPS) is 11.8. The fourth-order valence-electron chi connectivity index (χ4n) is 0.544. The summed E-state index contributed by atoms with van der Waals surface area (Å²) in [6.07, 6.45) is 0. The van der Waals surface area contributed by atoms with Crippen molar-refractivity contribution in [2.75, 3.05) is 10.7 Å². The van der Waals surface area contributed by atoms with Gasteiger partial charge in [0.05, 0.1) is 5.54 Å². The highest BCUT2D eigenvalue weighted by atomic mass is 79.9. The van der Waals surface area contributed by atoms with Crippen molar-refractivity contribution >= 4 is 37.8 Å². The van der Waals surface area contributed by atoms with Gasteiger partial charge in [0.25, 0.3) is 0 Å². The number of nitrogens with one attached hydrogen (secondary N) is 1. The van der Waals surface area contributed by atoms with Crippen LogP contribution in [0.25, 0.3) is 0 Å². The van der Waals surface area contributed by atoms with E-state index in [0.717, 1.165) is 10.7 Å². The van der Waals surface area contributed by atoms with Crippen molar-refractivity contribution in [3.8, 4) is 0 Å². The lowest BCUT2D eigenvalue weighted by Crippen LogP contribution is -2.50. The third-order valence-corrected chi connectivity index (χ3v) is 4.01. The number of carbonyl (C=O) groups is 1. The molecular weight excluding hydrogens is 286 g/mol. The van der Waals surface area contributed by atoms with E-state index in [1.807, 2.05) is 20.8 Å². The number of hydrogen-bond donors (Lipinski definition) is 1. The number of halogens is 2. The fraction of sp³-hybridized carbons (Fsp3) is 0.875. The van der Waals surface area contributed by atoms with Crippen LogP contribution in [0, 0.1) is 5.92 Å². The topological polar surface area (TPSA) is 29.1 Å². The molecule has 0 radical (unpaired) electrons. The van der Waals surface area contributed by atoms with Crippen LogP contribution < -0.4 is 5.32 Å². The van der Waals surface area contributed by atoms with E-state index in [1.54, 1.807) is 0 Å². The minimum atomic E-state index is -0.179. The molecule has 0 bridgehead atoms. The molecule has 0 aliphatic rings. The Kier molecular flexibility index (Phi) is 5.41. The monoisotopic (exact) mass is 299 g/mol. The lowest BCUT2D eigenvalue weighted by atomic mass is 10.1. The van der Waals surface area contributed by atoms with Gasteiger partial charge in [-0.1, -0.05) is 45.7 Å². The Morgan fingerprint density at radius 1 is 1.42 bits per heavy atom. The van der Waals surface area contributed by atoms with Gasteiger partial charge in [-0.05, 0) is 6.92 Å². The van der Waals surface area contributed by atoms with Gasteiger partial charge in [-0.25, -0.2) is 0 Å². The summed E-state index contributed by atoms with van der Waals surface area (Å²) < 4.78 is 0. The molecule has 0 saturated carbocycles. The maximum Gasteiger partial charge on any atom is 0.223 e. The second kappa shape index (κ2) is 5.22. The summed E-state index contributed by atoms with van der Waals surface area (Å²) in [5.41, 5.74) is -0.179. The van der Waals surface area contributed by atoms with E-state index in [-0.39, 0.29) is 17.4 Å². The molecule has 0 aromatic rings. The molecule has 72 valence electrons. The number of amides is 1. The van der Waals surface area contributed by atoms with Gasteiger partial charge in [0.2, 0.25) is 5.91 Å². The molecule has 0 unspecified atom stereocenters. The molecule has 0 saturated heterocycles. The molecule has 1 amide bonds. The first kappa shape index (κ1) is 12.4. The summed E-state index contributed by atoms with van der Waals surface area (Å²) in [7, 11) is 0. The highest BCUT2D eigenvalue weighted by molar-refractivity contribution is 9.09. The molecule has 0 aliphatic heterocycles. The Labute approximate surface area is 90.7 Å². The molecule has 0 spiro atoms. The molecule has 0 fully saturated rings. The molecule has 0 rings (SSSR count). The van der Waals surface area contributed by atoms with Crippen molar-refractivity contribution in [3.05, 3.63) is 0 Å². The van der Waals surface area contributed by atoms with Crippen molar-refractivity contribution in [1.29, 1.82) is 0 Å². The van der Waals surface area contributed by atoms with Crippen LogP contribution in [-0.4, -0.2) is 22.1 Å². The van der Waals surface area contributed by atoms with Crippen LogP contribution in [-0.2, 0) is 4.79 Å². The zero-order valence-electron chi connectivity index (χ0n) is 7.66. The molecule has 0 aliphatic carbocycles. The number of carbonyl (C=O) groups excluding carboxylic acids is 1.